The number of likely N-dealkylation sites (N-methyl/N-ethyl adjacent to an activating group) is 1. The van der Waals surface area contributed by atoms with Crippen molar-refractivity contribution in [2.75, 3.05) is 53.7 Å². The van der Waals surface area contributed by atoms with E-state index in [2.05, 4.69) is 33.5 Å². The first-order valence-electron chi connectivity index (χ1n) is 27.7. The zero-order valence-electron chi connectivity index (χ0n) is 47.3. The van der Waals surface area contributed by atoms with E-state index in [9.17, 15) is 58.0 Å². The number of carbonyl (C=O) groups excluding carboxylic acids is 7. The topological polar surface area (TPSA) is 324 Å². The standard InChI is InChI=1S/C54H93N6O17P/c1-8-9-10-11-12-13-14-15-16-17-18-19-20-26-48(63)74-37-45(38-76-78(71,72)75-35-32-60(6)7)77-49(64)27-22-24-34-73-33-23-21-25-46(58-51(66)40(3)56-50(65)39(2)55-42(5)61)53(68)57-41(4)52(67)59-47(54(69)70)36-43-28-30-44(62)31-29-43/h28-31,39-41,45-47,62H,8-27,32-38H2,1-7H3,(H,55,61)(H,56,65)(H,57,68)(H,58,66)(H,59,67)(H,69,70)(H,71,72)/t39-,40-,41-,45+,46-,47-/m0/s1. The maximum Gasteiger partial charge on any atom is 0.472 e. The predicted octanol–water partition coefficient (Wildman–Crippen LogP) is 5.51. The van der Waals surface area contributed by atoms with Gasteiger partial charge in [0.05, 0.1) is 13.2 Å². The molecule has 0 radical (unpaired) electrons. The Hall–Kier alpha value is -5.19. The Bertz CT molecular complexity index is 1980. The number of carbonyl (C=O) groups is 8. The van der Waals surface area contributed by atoms with Crippen LogP contribution < -0.4 is 26.6 Å². The summed E-state index contributed by atoms with van der Waals surface area (Å²) in [4.78, 5) is 113. The Kier molecular flexibility index (Phi) is 38.0. The van der Waals surface area contributed by atoms with Crippen molar-refractivity contribution in [3.63, 3.8) is 0 Å². The lowest BCUT2D eigenvalue weighted by Gasteiger charge is -2.24. The molecule has 0 saturated heterocycles. The van der Waals surface area contributed by atoms with Crippen LogP contribution >= 0.6 is 7.82 Å². The second-order valence-corrected chi connectivity index (χ2v) is 21.4. The number of carboxylic acids is 1. The van der Waals surface area contributed by atoms with Crippen LogP contribution in [0, 0.1) is 0 Å². The van der Waals surface area contributed by atoms with E-state index < -0.39 is 98.2 Å². The van der Waals surface area contributed by atoms with Crippen molar-refractivity contribution < 1.29 is 81.3 Å². The highest BCUT2D eigenvalue weighted by molar-refractivity contribution is 7.47. The van der Waals surface area contributed by atoms with Crippen LogP contribution in [0.15, 0.2) is 24.3 Å². The fourth-order valence-corrected chi connectivity index (χ4v) is 8.41. The number of ether oxygens (including phenoxy) is 3. The fourth-order valence-electron chi connectivity index (χ4n) is 7.67. The lowest BCUT2D eigenvalue weighted by Crippen LogP contribution is -2.57. The minimum Gasteiger partial charge on any atom is -0.508 e. The van der Waals surface area contributed by atoms with E-state index in [1.165, 1.54) is 110 Å². The highest BCUT2D eigenvalue weighted by Gasteiger charge is 2.30. The molecular formula is C54H93N6O17P. The molecule has 0 aliphatic heterocycles. The van der Waals surface area contributed by atoms with Crippen molar-refractivity contribution in [1.29, 1.82) is 0 Å². The Morgan fingerprint density at radius 1 is 0.590 bits per heavy atom. The van der Waals surface area contributed by atoms with E-state index in [1.54, 1.807) is 19.0 Å². The summed E-state index contributed by atoms with van der Waals surface area (Å²) in [7, 11) is -0.981. The number of amides is 5. The van der Waals surface area contributed by atoms with Gasteiger partial charge in [0.1, 0.15) is 42.6 Å². The highest BCUT2D eigenvalue weighted by Crippen LogP contribution is 2.43. The molecule has 0 saturated carbocycles. The summed E-state index contributed by atoms with van der Waals surface area (Å²) >= 11 is 0. The molecule has 8 N–H and O–H groups in total. The van der Waals surface area contributed by atoms with Crippen LogP contribution in [0.2, 0.25) is 0 Å². The van der Waals surface area contributed by atoms with Gasteiger partial charge in [0.25, 0.3) is 0 Å². The number of phenols is 1. The van der Waals surface area contributed by atoms with Crippen LogP contribution in [0.3, 0.4) is 0 Å². The minimum atomic E-state index is -4.51. The van der Waals surface area contributed by atoms with Crippen LogP contribution in [0.1, 0.15) is 169 Å². The fraction of sp³-hybridized carbons (Fsp3) is 0.741. The molecule has 7 atom stereocenters. The molecule has 1 aromatic rings. The lowest BCUT2D eigenvalue weighted by molar-refractivity contribution is -0.161. The Balaban J connectivity index is 2.72. The summed E-state index contributed by atoms with van der Waals surface area (Å²) in [6.45, 7) is 7.43. The Morgan fingerprint density at radius 3 is 1.63 bits per heavy atom. The summed E-state index contributed by atoms with van der Waals surface area (Å²) in [5.74, 6) is -5.88. The molecule has 1 aromatic carbocycles. The first kappa shape index (κ1) is 70.8. The first-order valence-corrected chi connectivity index (χ1v) is 29.2. The second-order valence-electron chi connectivity index (χ2n) is 20.0. The number of unbranched alkanes of at least 4 members (excludes halogenated alkanes) is 14. The molecule has 24 heteroatoms. The third kappa shape index (κ3) is 36.1. The van der Waals surface area contributed by atoms with E-state index in [4.69, 9.17) is 23.3 Å². The van der Waals surface area contributed by atoms with Crippen LogP contribution in [0.25, 0.3) is 0 Å². The normalized spacial score (nSPS) is 14.4. The number of rotatable bonds is 46. The summed E-state index contributed by atoms with van der Waals surface area (Å²) in [6.07, 6.45) is 15.6. The molecule has 0 spiro atoms. The van der Waals surface area contributed by atoms with Crippen LogP contribution in [0.5, 0.6) is 5.75 Å². The summed E-state index contributed by atoms with van der Waals surface area (Å²) in [5, 5.41) is 31.8. The smallest absolute Gasteiger partial charge is 0.472 e. The third-order valence-corrected chi connectivity index (χ3v) is 13.3. The van der Waals surface area contributed by atoms with Crippen molar-refractivity contribution in [3.05, 3.63) is 29.8 Å². The Labute approximate surface area is 461 Å². The third-order valence-electron chi connectivity index (χ3n) is 12.3. The van der Waals surface area contributed by atoms with Gasteiger partial charge in [0, 0.05) is 45.9 Å². The maximum absolute atomic E-state index is 13.6. The van der Waals surface area contributed by atoms with Gasteiger partial charge in [-0.3, -0.25) is 42.6 Å². The molecule has 0 heterocycles. The van der Waals surface area contributed by atoms with Crippen LogP contribution in [-0.2, 0) is 72.6 Å². The second kappa shape index (κ2) is 41.8. The zero-order chi connectivity index (χ0) is 58.3. The van der Waals surface area contributed by atoms with E-state index in [0.717, 1.165) is 19.3 Å². The molecule has 0 bridgehead atoms. The van der Waals surface area contributed by atoms with Crippen molar-refractivity contribution in [3.8, 4) is 5.75 Å². The number of phosphoric ester groups is 1. The van der Waals surface area contributed by atoms with Gasteiger partial charge in [0.2, 0.25) is 29.5 Å². The van der Waals surface area contributed by atoms with Gasteiger partial charge in [-0.15, -0.1) is 0 Å². The van der Waals surface area contributed by atoms with Crippen LogP contribution in [-0.4, -0.2) is 157 Å². The number of phosphoric acid groups is 1. The number of benzene rings is 1. The first-order chi connectivity index (χ1) is 37.0. The molecule has 0 fully saturated rings. The molecule has 1 rings (SSSR count). The molecule has 5 amide bonds. The highest BCUT2D eigenvalue weighted by atomic mass is 31.2. The molecule has 0 aromatic heterocycles. The number of esters is 2. The SMILES string of the molecule is CCCCCCCCCCCCCCCC(=O)OC[C@H](COP(=O)(O)OCCN(C)C)OC(=O)CCCCOCCCC[C@H](NC(=O)[C@H](C)NC(=O)[C@H](C)NC(C)=O)C(=O)N[C@@H](C)C(=O)N[C@@H](Cc1ccc(O)cc1)C(=O)O. The van der Waals surface area contributed by atoms with E-state index in [1.807, 2.05) is 0 Å². The number of aliphatic carboxylic acids is 1. The monoisotopic (exact) mass is 1130 g/mol. The molecule has 23 nitrogen and oxygen atoms in total. The average Bonchev–Trinajstić information content (AvgIpc) is 3.37. The number of aromatic hydroxyl groups is 1. The molecule has 0 aliphatic carbocycles. The van der Waals surface area contributed by atoms with Gasteiger partial charge in [-0.25, -0.2) is 9.36 Å². The van der Waals surface area contributed by atoms with Crippen LogP contribution in [0.4, 0.5) is 0 Å². The molecular weight excluding hydrogens is 1040 g/mol. The summed E-state index contributed by atoms with van der Waals surface area (Å²) in [5.41, 5.74) is 0.525. The van der Waals surface area contributed by atoms with E-state index in [-0.39, 0.29) is 57.9 Å². The van der Waals surface area contributed by atoms with Gasteiger partial charge in [-0.05, 0) is 91.1 Å². The summed E-state index contributed by atoms with van der Waals surface area (Å²) < 4.78 is 39.3. The number of hydrogen-bond donors (Lipinski definition) is 8. The lowest BCUT2D eigenvalue weighted by atomic mass is 10.0. The van der Waals surface area contributed by atoms with Gasteiger partial charge in [-0.2, -0.15) is 0 Å². The number of carboxylic acid groups (broad SMARTS) is 1. The van der Waals surface area contributed by atoms with Gasteiger partial charge in [-0.1, -0.05) is 96.1 Å². The Morgan fingerprint density at radius 2 is 1.08 bits per heavy atom. The van der Waals surface area contributed by atoms with Gasteiger partial charge in [0.15, 0.2) is 6.10 Å². The number of hydrogen-bond acceptors (Lipinski definition) is 16. The number of phenolic OH excluding ortho intramolecular Hbond substituents is 1. The van der Waals surface area contributed by atoms with E-state index in [0.29, 0.717) is 44.2 Å². The van der Waals surface area contributed by atoms with Gasteiger partial charge < -0.3 is 60.8 Å². The van der Waals surface area contributed by atoms with E-state index >= 15 is 0 Å². The predicted molar refractivity (Wildman–Crippen MR) is 292 cm³/mol. The van der Waals surface area contributed by atoms with Crippen molar-refractivity contribution in [2.24, 2.45) is 0 Å². The van der Waals surface area contributed by atoms with Crippen molar-refractivity contribution in [2.45, 2.75) is 206 Å². The minimum absolute atomic E-state index is 0.0191. The molecule has 0 aliphatic rings. The largest absolute Gasteiger partial charge is 0.508 e. The number of nitrogens with zero attached hydrogens (tertiary/aromatic N) is 1. The maximum atomic E-state index is 13.6. The molecule has 78 heavy (non-hydrogen) atoms. The number of nitrogens with one attached hydrogen (secondary N) is 5. The van der Waals surface area contributed by atoms with Gasteiger partial charge >= 0.3 is 25.7 Å². The average molecular weight is 1130 g/mol. The van der Waals surface area contributed by atoms with Crippen molar-refractivity contribution >= 4 is 55.3 Å². The molecule has 1 unspecified atom stereocenters. The summed E-state index contributed by atoms with van der Waals surface area (Å²) in [6, 6.07) is -0.134. The zero-order valence-corrected chi connectivity index (χ0v) is 48.2. The molecule has 446 valence electrons. The quantitative estimate of drug-likeness (QED) is 0.0227. The van der Waals surface area contributed by atoms with Crippen molar-refractivity contribution in [1.82, 2.24) is 31.5 Å².